The van der Waals surface area contributed by atoms with Crippen LogP contribution < -0.4 is 5.32 Å². The number of amides is 1. The third-order valence-corrected chi connectivity index (χ3v) is 2.23. The van der Waals surface area contributed by atoms with Crippen molar-refractivity contribution in [1.82, 2.24) is 5.32 Å². The molecule has 1 rings (SSSR count). The number of aliphatic hydroxyl groups excluding tert-OH is 3. The van der Waals surface area contributed by atoms with Gasteiger partial charge in [0.25, 0.3) is 0 Å². The van der Waals surface area contributed by atoms with Crippen LogP contribution in [0.25, 0.3) is 0 Å². The van der Waals surface area contributed by atoms with Gasteiger partial charge >= 0.3 is 0 Å². The standard InChI is InChI=1S/C7H13NO6/c9-1-5-7(13,8-3-10)6(12)4(11)2-14-5/h3-6,9,11-13H,1-2H2,(H,8,10)/t4-,5-,6-,7-/m1/s1. The zero-order valence-corrected chi connectivity index (χ0v) is 7.33. The van der Waals surface area contributed by atoms with E-state index in [1.807, 2.05) is 5.32 Å². The molecule has 7 nitrogen and oxygen atoms in total. The van der Waals surface area contributed by atoms with E-state index >= 15 is 0 Å². The lowest BCUT2D eigenvalue weighted by Gasteiger charge is -2.43. The van der Waals surface area contributed by atoms with Crippen LogP contribution in [0.5, 0.6) is 0 Å². The first-order valence-corrected chi connectivity index (χ1v) is 4.08. The molecule has 0 aromatic carbocycles. The molecule has 0 aliphatic carbocycles. The van der Waals surface area contributed by atoms with E-state index < -0.39 is 30.6 Å². The van der Waals surface area contributed by atoms with Gasteiger partial charge in [0.2, 0.25) is 6.41 Å². The lowest BCUT2D eigenvalue weighted by atomic mass is 9.93. The molecular formula is C7H13NO6. The number of rotatable bonds is 3. The van der Waals surface area contributed by atoms with Crippen LogP contribution >= 0.6 is 0 Å². The average Bonchev–Trinajstić information content (AvgIpc) is 2.15. The first-order valence-electron chi connectivity index (χ1n) is 4.08. The normalized spacial score (nSPS) is 43.3. The third kappa shape index (κ3) is 1.72. The van der Waals surface area contributed by atoms with Crippen molar-refractivity contribution in [1.29, 1.82) is 0 Å². The summed E-state index contributed by atoms with van der Waals surface area (Å²) in [6.07, 6.45) is -3.91. The number of hydrogen-bond acceptors (Lipinski definition) is 6. The minimum absolute atomic E-state index is 0.160. The van der Waals surface area contributed by atoms with Crippen LogP contribution in [-0.2, 0) is 9.53 Å². The van der Waals surface area contributed by atoms with Gasteiger partial charge in [0.15, 0.2) is 5.72 Å². The average molecular weight is 207 g/mol. The summed E-state index contributed by atoms with van der Waals surface area (Å²) in [5.74, 6) is 0. The van der Waals surface area contributed by atoms with Gasteiger partial charge in [0.05, 0.1) is 13.2 Å². The van der Waals surface area contributed by atoms with E-state index in [9.17, 15) is 20.1 Å². The molecular weight excluding hydrogens is 194 g/mol. The SMILES string of the molecule is O=CN[C@]1(O)[C@H](O)[C@H](O)CO[C@@H]1CO. The Labute approximate surface area is 79.9 Å². The quantitative estimate of drug-likeness (QED) is 0.242. The molecule has 1 heterocycles. The van der Waals surface area contributed by atoms with E-state index in [1.165, 1.54) is 0 Å². The zero-order valence-electron chi connectivity index (χ0n) is 7.33. The van der Waals surface area contributed by atoms with Gasteiger partial charge in [-0.25, -0.2) is 0 Å². The van der Waals surface area contributed by atoms with Gasteiger partial charge < -0.3 is 30.5 Å². The maximum atomic E-state index is 10.2. The Morgan fingerprint density at radius 2 is 2.21 bits per heavy atom. The van der Waals surface area contributed by atoms with Crippen molar-refractivity contribution in [2.45, 2.75) is 24.0 Å². The number of aliphatic hydroxyl groups is 4. The number of hydrogen-bond donors (Lipinski definition) is 5. The van der Waals surface area contributed by atoms with Gasteiger partial charge in [-0.05, 0) is 0 Å². The van der Waals surface area contributed by atoms with Crippen molar-refractivity contribution in [2.24, 2.45) is 0 Å². The van der Waals surface area contributed by atoms with Crippen LogP contribution in [0, 0.1) is 0 Å². The Bertz CT molecular complexity index is 208. The van der Waals surface area contributed by atoms with E-state index in [2.05, 4.69) is 0 Å². The fourth-order valence-electron chi connectivity index (χ4n) is 1.38. The molecule has 14 heavy (non-hydrogen) atoms. The first kappa shape index (κ1) is 11.3. The van der Waals surface area contributed by atoms with Crippen molar-refractivity contribution < 1.29 is 30.0 Å². The molecule has 1 aliphatic heterocycles. The molecule has 1 amide bonds. The summed E-state index contributed by atoms with van der Waals surface area (Å²) in [6, 6.07) is 0. The summed E-state index contributed by atoms with van der Waals surface area (Å²) in [6.45, 7) is -0.795. The highest BCUT2D eigenvalue weighted by atomic mass is 16.5. The smallest absolute Gasteiger partial charge is 0.209 e. The highest BCUT2D eigenvalue weighted by Crippen LogP contribution is 2.23. The number of ether oxygens (including phenoxy) is 1. The minimum atomic E-state index is -2.16. The Kier molecular flexibility index (Phi) is 3.40. The summed E-state index contributed by atoms with van der Waals surface area (Å²) >= 11 is 0. The highest BCUT2D eigenvalue weighted by Gasteiger charge is 2.50. The number of carbonyl (C=O) groups excluding carboxylic acids is 1. The molecule has 5 N–H and O–H groups in total. The second-order valence-corrected chi connectivity index (χ2v) is 3.10. The second kappa shape index (κ2) is 4.20. The van der Waals surface area contributed by atoms with Gasteiger partial charge in [0.1, 0.15) is 18.3 Å². The molecule has 0 aromatic rings. The molecule has 7 heteroatoms. The van der Waals surface area contributed by atoms with Gasteiger partial charge in [-0.1, -0.05) is 0 Å². The van der Waals surface area contributed by atoms with Crippen LogP contribution in [-0.4, -0.2) is 64.1 Å². The summed E-state index contributed by atoms with van der Waals surface area (Å²) in [7, 11) is 0. The first-order chi connectivity index (χ1) is 6.56. The Morgan fingerprint density at radius 1 is 1.57 bits per heavy atom. The van der Waals surface area contributed by atoms with Crippen LogP contribution in [0.4, 0.5) is 0 Å². The summed E-state index contributed by atoms with van der Waals surface area (Å²) < 4.78 is 4.85. The fourth-order valence-corrected chi connectivity index (χ4v) is 1.38. The van der Waals surface area contributed by atoms with Crippen molar-refractivity contribution in [3.05, 3.63) is 0 Å². The monoisotopic (exact) mass is 207 g/mol. The maximum absolute atomic E-state index is 10.2. The van der Waals surface area contributed by atoms with Crippen LogP contribution in [0.1, 0.15) is 0 Å². The predicted molar refractivity (Wildman–Crippen MR) is 43.0 cm³/mol. The van der Waals surface area contributed by atoms with E-state index in [4.69, 9.17) is 9.84 Å². The van der Waals surface area contributed by atoms with E-state index in [0.29, 0.717) is 0 Å². The number of nitrogens with one attached hydrogen (secondary N) is 1. The molecule has 1 fully saturated rings. The largest absolute Gasteiger partial charge is 0.393 e. The molecule has 0 saturated carbocycles. The van der Waals surface area contributed by atoms with Gasteiger partial charge in [0, 0.05) is 0 Å². The second-order valence-electron chi connectivity index (χ2n) is 3.10. The Hall–Kier alpha value is -0.730. The summed E-state index contributed by atoms with van der Waals surface area (Å²) in [5, 5.41) is 39.1. The highest BCUT2D eigenvalue weighted by molar-refractivity contribution is 5.48. The van der Waals surface area contributed by atoms with Crippen molar-refractivity contribution in [3.63, 3.8) is 0 Å². The molecule has 1 saturated heterocycles. The topological polar surface area (TPSA) is 119 Å². The molecule has 4 atom stereocenters. The lowest BCUT2D eigenvalue weighted by Crippen LogP contribution is -2.70. The summed E-state index contributed by atoms with van der Waals surface area (Å²) in [5.41, 5.74) is -2.16. The molecule has 0 bridgehead atoms. The molecule has 1 aliphatic rings. The Morgan fingerprint density at radius 3 is 2.71 bits per heavy atom. The lowest BCUT2D eigenvalue weighted by molar-refractivity contribution is -0.258. The zero-order chi connectivity index (χ0) is 10.8. The van der Waals surface area contributed by atoms with Gasteiger partial charge in [-0.15, -0.1) is 0 Å². The van der Waals surface area contributed by atoms with E-state index in [1.54, 1.807) is 0 Å². The van der Waals surface area contributed by atoms with Crippen LogP contribution in [0.15, 0.2) is 0 Å². The maximum Gasteiger partial charge on any atom is 0.209 e. The van der Waals surface area contributed by atoms with Gasteiger partial charge in [-0.3, -0.25) is 4.79 Å². The van der Waals surface area contributed by atoms with Crippen molar-refractivity contribution in [2.75, 3.05) is 13.2 Å². The third-order valence-electron chi connectivity index (χ3n) is 2.23. The molecule has 82 valence electrons. The van der Waals surface area contributed by atoms with E-state index in [-0.39, 0.29) is 13.0 Å². The molecule has 0 unspecified atom stereocenters. The Balaban J connectivity index is 2.85. The summed E-state index contributed by atoms with van der Waals surface area (Å²) in [4.78, 5) is 10.2. The van der Waals surface area contributed by atoms with E-state index in [0.717, 1.165) is 0 Å². The van der Waals surface area contributed by atoms with Crippen molar-refractivity contribution in [3.8, 4) is 0 Å². The van der Waals surface area contributed by atoms with Gasteiger partial charge in [-0.2, -0.15) is 0 Å². The predicted octanol–water partition coefficient (Wildman–Crippen LogP) is -3.47. The number of carbonyl (C=O) groups is 1. The van der Waals surface area contributed by atoms with Crippen LogP contribution in [0.2, 0.25) is 0 Å². The minimum Gasteiger partial charge on any atom is -0.393 e. The molecule has 0 aromatic heterocycles. The van der Waals surface area contributed by atoms with Crippen LogP contribution in [0.3, 0.4) is 0 Å². The fraction of sp³-hybridized carbons (Fsp3) is 0.857. The van der Waals surface area contributed by atoms with Crippen molar-refractivity contribution >= 4 is 6.41 Å². The molecule has 0 radical (unpaired) electrons. The molecule has 0 spiro atoms.